The lowest BCUT2D eigenvalue weighted by atomic mass is 10.3. The van der Waals surface area contributed by atoms with E-state index < -0.39 is 20.9 Å². The Morgan fingerprint density at radius 3 is 2.75 bits per heavy atom. The molecular weight excluding hydrogens is 304 g/mol. The van der Waals surface area contributed by atoms with Crippen molar-refractivity contribution in [3.05, 3.63) is 21.1 Å². The number of hydrogen-bond acceptors (Lipinski definition) is 7. The molecule has 20 heavy (non-hydrogen) atoms. The van der Waals surface area contributed by atoms with Crippen molar-refractivity contribution in [1.29, 1.82) is 0 Å². The normalized spacial score (nSPS) is 23.6. The van der Waals surface area contributed by atoms with Crippen LogP contribution in [0.15, 0.2) is 6.07 Å². The fourth-order valence-electron chi connectivity index (χ4n) is 2.23. The standard InChI is InChI=1S/C11H16N2O5S2/c1-7-6-20(17,18)4-3-12(7)11-9(13(15)16)5-10(19-11)8(2)14/h5,7-8,14H,3-4,6H2,1-2H3/t7?,8-/m1/s1. The van der Waals surface area contributed by atoms with Gasteiger partial charge in [0, 0.05) is 23.5 Å². The molecular formula is C11H16N2O5S2. The van der Waals surface area contributed by atoms with Crippen molar-refractivity contribution < 1.29 is 18.4 Å². The zero-order valence-electron chi connectivity index (χ0n) is 11.1. The zero-order chi connectivity index (χ0) is 15.1. The Morgan fingerprint density at radius 1 is 1.60 bits per heavy atom. The smallest absolute Gasteiger partial charge is 0.304 e. The number of nitrogens with zero attached hydrogens (tertiary/aromatic N) is 2. The lowest BCUT2D eigenvalue weighted by Gasteiger charge is -2.33. The minimum atomic E-state index is -3.07. The van der Waals surface area contributed by atoms with Crippen LogP contribution in [-0.4, -0.2) is 42.5 Å². The predicted octanol–water partition coefficient (Wildman–Crippen LogP) is 1.33. The maximum atomic E-state index is 11.6. The molecule has 0 bridgehead atoms. The summed E-state index contributed by atoms with van der Waals surface area (Å²) in [6.45, 7) is 3.52. The van der Waals surface area contributed by atoms with Crippen molar-refractivity contribution in [3.8, 4) is 0 Å². The van der Waals surface area contributed by atoms with E-state index in [1.807, 2.05) is 0 Å². The largest absolute Gasteiger partial charge is 0.388 e. The van der Waals surface area contributed by atoms with Gasteiger partial charge < -0.3 is 10.0 Å². The molecule has 0 aromatic carbocycles. The van der Waals surface area contributed by atoms with Crippen LogP contribution in [0.4, 0.5) is 10.7 Å². The highest BCUT2D eigenvalue weighted by Gasteiger charge is 2.34. The molecule has 9 heteroatoms. The Bertz CT molecular complexity index is 623. The van der Waals surface area contributed by atoms with Gasteiger partial charge in [-0.15, -0.1) is 11.3 Å². The number of nitro groups is 1. The first kappa shape index (κ1) is 15.2. The van der Waals surface area contributed by atoms with E-state index in [0.29, 0.717) is 9.88 Å². The van der Waals surface area contributed by atoms with Crippen LogP contribution >= 0.6 is 11.3 Å². The Balaban J connectivity index is 2.39. The molecule has 1 saturated heterocycles. The van der Waals surface area contributed by atoms with E-state index in [-0.39, 0.29) is 29.8 Å². The van der Waals surface area contributed by atoms with Crippen LogP contribution in [0.2, 0.25) is 0 Å². The second kappa shape index (κ2) is 5.30. The van der Waals surface area contributed by atoms with Crippen molar-refractivity contribution >= 4 is 31.9 Å². The Morgan fingerprint density at radius 2 is 2.25 bits per heavy atom. The van der Waals surface area contributed by atoms with Gasteiger partial charge in [-0.25, -0.2) is 8.42 Å². The van der Waals surface area contributed by atoms with Crippen molar-refractivity contribution in [2.24, 2.45) is 0 Å². The van der Waals surface area contributed by atoms with E-state index in [1.54, 1.807) is 18.7 Å². The molecule has 0 aliphatic carbocycles. The first-order valence-electron chi connectivity index (χ1n) is 6.14. The fraction of sp³-hybridized carbons (Fsp3) is 0.636. The highest BCUT2D eigenvalue weighted by atomic mass is 32.2. The van der Waals surface area contributed by atoms with E-state index in [0.717, 1.165) is 11.3 Å². The highest BCUT2D eigenvalue weighted by molar-refractivity contribution is 7.91. The highest BCUT2D eigenvalue weighted by Crippen LogP contribution is 2.41. The molecule has 2 atom stereocenters. The van der Waals surface area contributed by atoms with Gasteiger partial charge in [0.25, 0.3) is 0 Å². The number of anilines is 1. The summed E-state index contributed by atoms with van der Waals surface area (Å²) in [5.41, 5.74) is -0.0722. The van der Waals surface area contributed by atoms with Crippen LogP contribution in [0.5, 0.6) is 0 Å². The monoisotopic (exact) mass is 320 g/mol. The van der Waals surface area contributed by atoms with Crippen molar-refractivity contribution in [2.45, 2.75) is 26.0 Å². The summed E-state index contributed by atoms with van der Waals surface area (Å²) in [5.74, 6) is -0.0114. The van der Waals surface area contributed by atoms with Crippen LogP contribution in [0.25, 0.3) is 0 Å². The molecule has 1 aromatic heterocycles. The number of thiophene rings is 1. The third kappa shape index (κ3) is 2.94. The average Bonchev–Trinajstić information content (AvgIpc) is 2.72. The predicted molar refractivity (Wildman–Crippen MR) is 77.1 cm³/mol. The molecule has 1 aromatic rings. The van der Waals surface area contributed by atoms with E-state index in [9.17, 15) is 23.6 Å². The molecule has 0 radical (unpaired) electrons. The second-order valence-electron chi connectivity index (χ2n) is 4.93. The van der Waals surface area contributed by atoms with Crippen molar-refractivity contribution in [1.82, 2.24) is 0 Å². The van der Waals surface area contributed by atoms with E-state index >= 15 is 0 Å². The van der Waals surface area contributed by atoms with Gasteiger partial charge in [0.1, 0.15) is 0 Å². The third-order valence-electron chi connectivity index (χ3n) is 3.25. The quantitative estimate of drug-likeness (QED) is 0.666. The van der Waals surface area contributed by atoms with Gasteiger partial charge in [-0.05, 0) is 13.8 Å². The SMILES string of the molecule is CC1CS(=O)(=O)CCN1c1sc([C@@H](C)O)cc1[N+](=O)[O-]. The van der Waals surface area contributed by atoms with Crippen molar-refractivity contribution in [3.63, 3.8) is 0 Å². The number of aliphatic hydroxyl groups excluding tert-OH is 1. The van der Waals surface area contributed by atoms with Crippen LogP contribution in [0.3, 0.4) is 0 Å². The fourth-order valence-corrected chi connectivity index (χ4v) is 4.98. The van der Waals surface area contributed by atoms with Crippen LogP contribution in [0, 0.1) is 10.1 Å². The van der Waals surface area contributed by atoms with Gasteiger partial charge in [0.05, 0.1) is 22.5 Å². The van der Waals surface area contributed by atoms with Gasteiger partial charge in [-0.1, -0.05) is 0 Å². The van der Waals surface area contributed by atoms with Gasteiger partial charge in [0.15, 0.2) is 14.8 Å². The minimum absolute atomic E-state index is 0.00357. The lowest BCUT2D eigenvalue weighted by molar-refractivity contribution is -0.383. The molecule has 2 heterocycles. The molecule has 2 rings (SSSR count). The molecule has 1 unspecified atom stereocenters. The molecule has 1 fully saturated rings. The third-order valence-corrected chi connectivity index (χ3v) is 6.38. The molecule has 1 aliphatic heterocycles. The van der Waals surface area contributed by atoms with Crippen molar-refractivity contribution in [2.75, 3.05) is 23.0 Å². The molecule has 7 nitrogen and oxygen atoms in total. The second-order valence-corrected chi connectivity index (χ2v) is 8.22. The van der Waals surface area contributed by atoms with Crippen LogP contribution in [0.1, 0.15) is 24.8 Å². The Labute approximate surface area is 120 Å². The summed E-state index contributed by atoms with van der Waals surface area (Å²) in [4.78, 5) is 12.9. The molecule has 0 saturated carbocycles. The number of rotatable bonds is 3. The van der Waals surface area contributed by atoms with E-state index in [4.69, 9.17) is 0 Å². The van der Waals surface area contributed by atoms with Crippen LogP contribution in [-0.2, 0) is 9.84 Å². The molecule has 0 amide bonds. The number of sulfone groups is 1. The lowest BCUT2D eigenvalue weighted by Crippen LogP contribution is -2.46. The summed E-state index contributed by atoms with van der Waals surface area (Å²) in [7, 11) is -3.07. The van der Waals surface area contributed by atoms with Gasteiger partial charge in [0.2, 0.25) is 0 Å². The summed E-state index contributed by atoms with van der Waals surface area (Å²) in [6.07, 6.45) is -0.781. The van der Waals surface area contributed by atoms with Gasteiger partial charge >= 0.3 is 5.69 Å². The van der Waals surface area contributed by atoms with Gasteiger partial charge in [-0.3, -0.25) is 10.1 Å². The van der Waals surface area contributed by atoms with E-state index in [2.05, 4.69) is 0 Å². The summed E-state index contributed by atoms with van der Waals surface area (Å²) in [5, 5.41) is 21.1. The average molecular weight is 320 g/mol. The molecule has 1 aliphatic rings. The minimum Gasteiger partial charge on any atom is -0.388 e. The maximum absolute atomic E-state index is 11.6. The number of aliphatic hydroxyl groups is 1. The van der Waals surface area contributed by atoms with Gasteiger partial charge in [-0.2, -0.15) is 0 Å². The summed E-state index contributed by atoms with van der Waals surface area (Å²) < 4.78 is 23.1. The first-order valence-corrected chi connectivity index (χ1v) is 8.78. The molecule has 112 valence electrons. The summed E-state index contributed by atoms with van der Waals surface area (Å²) in [6, 6.07) is 1.05. The number of hydrogen-bond donors (Lipinski definition) is 1. The first-order chi connectivity index (χ1) is 9.21. The van der Waals surface area contributed by atoms with E-state index in [1.165, 1.54) is 6.07 Å². The summed E-state index contributed by atoms with van der Waals surface area (Å²) >= 11 is 1.15. The topological polar surface area (TPSA) is 101 Å². The van der Waals surface area contributed by atoms with Crippen LogP contribution < -0.4 is 4.90 Å². The zero-order valence-corrected chi connectivity index (χ0v) is 12.8. The Kier molecular flexibility index (Phi) is 4.03. The Hall–Kier alpha value is -1.19. The molecule has 1 N–H and O–H groups in total. The maximum Gasteiger partial charge on any atom is 0.304 e. The molecule has 0 spiro atoms.